The number of nitrogens with zero attached hydrogens (tertiary/aromatic N) is 1. The predicted molar refractivity (Wildman–Crippen MR) is 113 cm³/mol. The van der Waals surface area contributed by atoms with Gasteiger partial charge in [-0.05, 0) is 43.4 Å². The van der Waals surface area contributed by atoms with Crippen molar-refractivity contribution in [3.63, 3.8) is 0 Å². The number of hydrogen-bond acceptors (Lipinski definition) is 6. The van der Waals surface area contributed by atoms with Crippen molar-refractivity contribution in [1.82, 2.24) is 15.5 Å². The molecular formula is C22H29N3O7. The zero-order valence-corrected chi connectivity index (χ0v) is 18.0. The number of hydrogen-bond donors (Lipinski definition) is 4. The minimum absolute atomic E-state index is 0.0363. The van der Waals surface area contributed by atoms with Gasteiger partial charge in [-0.1, -0.05) is 12.1 Å². The first-order valence-electron chi connectivity index (χ1n) is 10.8. The fourth-order valence-electron chi connectivity index (χ4n) is 4.42. The summed E-state index contributed by atoms with van der Waals surface area (Å²) in [5, 5.41) is 24.2. The zero-order valence-electron chi connectivity index (χ0n) is 18.0. The molecule has 2 saturated heterocycles. The zero-order chi connectivity index (χ0) is 23.3. The minimum atomic E-state index is -1.07. The summed E-state index contributed by atoms with van der Waals surface area (Å²) < 4.78 is 5.44. The van der Waals surface area contributed by atoms with E-state index in [9.17, 15) is 24.3 Å². The van der Waals surface area contributed by atoms with Gasteiger partial charge in [-0.3, -0.25) is 19.2 Å². The number of aliphatic hydroxyl groups excluding tert-OH is 1. The molecule has 0 radical (unpaired) electrons. The molecule has 2 aliphatic heterocycles. The Bertz CT molecular complexity index is 875. The van der Waals surface area contributed by atoms with Gasteiger partial charge in [0.15, 0.2) is 0 Å². The highest BCUT2D eigenvalue weighted by molar-refractivity contribution is 5.98. The number of ether oxygens (including phenoxy) is 1. The van der Waals surface area contributed by atoms with E-state index < -0.39 is 30.0 Å². The molecule has 10 heteroatoms. The van der Waals surface area contributed by atoms with E-state index in [0.29, 0.717) is 37.1 Å². The van der Waals surface area contributed by atoms with E-state index in [0.717, 1.165) is 0 Å². The lowest BCUT2D eigenvalue weighted by molar-refractivity contribution is -0.150. The van der Waals surface area contributed by atoms with Gasteiger partial charge in [0.25, 0.3) is 0 Å². The molecule has 0 spiro atoms. The molecule has 174 valence electrons. The van der Waals surface area contributed by atoms with Crippen LogP contribution in [0.5, 0.6) is 5.75 Å². The summed E-state index contributed by atoms with van der Waals surface area (Å²) in [6, 6.07) is 4.38. The van der Waals surface area contributed by atoms with Crippen LogP contribution in [0, 0.1) is 5.92 Å². The van der Waals surface area contributed by atoms with Crippen LogP contribution >= 0.6 is 0 Å². The van der Waals surface area contributed by atoms with E-state index >= 15 is 0 Å². The Labute approximate surface area is 185 Å². The van der Waals surface area contributed by atoms with Crippen LogP contribution in [-0.4, -0.2) is 70.6 Å². The van der Waals surface area contributed by atoms with Gasteiger partial charge < -0.3 is 30.5 Å². The number of aliphatic hydroxyl groups is 1. The highest BCUT2D eigenvalue weighted by atomic mass is 16.5. The standard InChI is InChI=1S/C22H29N3O7/c1-13(27)23-8-3-2-7-17-21(29)25-18(20(28)24-17)12-16(22(30)31)19(25)14-5-4-6-15(11-14)32-10-9-26/h4-6,11,16-19,26H,2-3,7-10,12H2,1H3,(H,23,27)(H,24,28)(H,30,31)/t16-,17-,18-,19-/m0/s1. The second-order valence-electron chi connectivity index (χ2n) is 8.07. The Morgan fingerprint density at radius 3 is 2.75 bits per heavy atom. The van der Waals surface area contributed by atoms with Crippen LogP contribution in [0.1, 0.15) is 44.2 Å². The molecule has 3 amide bonds. The molecule has 3 rings (SSSR count). The van der Waals surface area contributed by atoms with Crippen LogP contribution in [-0.2, 0) is 19.2 Å². The van der Waals surface area contributed by atoms with Crippen molar-refractivity contribution in [3.05, 3.63) is 29.8 Å². The number of aliphatic carboxylic acids is 1. The van der Waals surface area contributed by atoms with Crippen LogP contribution in [0.3, 0.4) is 0 Å². The average molecular weight is 447 g/mol. The monoisotopic (exact) mass is 447 g/mol. The highest BCUT2D eigenvalue weighted by Gasteiger charge is 2.54. The van der Waals surface area contributed by atoms with Crippen LogP contribution in [0.25, 0.3) is 0 Å². The van der Waals surface area contributed by atoms with Crippen LogP contribution in [0.15, 0.2) is 24.3 Å². The minimum Gasteiger partial charge on any atom is -0.491 e. The molecule has 1 aromatic carbocycles. The number of unbranched alkanes of at least 4 members (excludes halogenated alkanes) is 1. The first-order chi connectivity index (χ1) is 15.3. The normalized spacial score (nSPS) is 24.6. The van der Waals surface area contributed by atoms with E-state index in [4.69, 9.17) is 9.84 Å². The molecule has 0 bridgehead atoms. The summed E-state index contributed by atoms with van der Waals surface area (Å²) in [4.78, 5) is 50.5. The van der Waals surface area contributed by atoms with Gasteiger partial charge in [-0.2, -0.15) is 0 Å². The third kappa shape index (κ3) is 5.18. The summed E-state index contributed by atoms with van der Waals surface area (Å²) in [6.45, 7) is 1.84. The number of amides is 3. The van der Waals surface area contributed by atoms with Gasteiger partial charge >= 0.3 is 5.97 Å². The molecule has 32 heavy (non-hydrogen) atoms. The quantitative estimate of drug-likeness (QED) is 0.375. The van der Waals surface area contributed by atoms with E-state index in [1.54, 1.807) is 24.3 Å². The second-order valence-corrected chi connectivity index (χ2v) is 8.07. The van der Waals surface area contributed by atoms with Gasteiger partial charge in [0.05, 0.1) is 18.6 Å². The van der Waals surface area contributed by atoms with Crippen LogP contribution in [0.2, 0.25) is 0 Å². The molecule has 0 aromatic heterocycles. The Kier molecular flexibility index (Phi) is 7.68. The highest BCUT2D eigenvalue weighted by Crippen LogP contribution is 2.44. The number of benzene rings is 1. The van der Waals surface area contributed by atoms with Gasteiger partial charge in [-0.25, -0.2) is 0 Å². The van der Waals surface area contributed by atoms with Crippen molar-refractivity contribution >= 4 is 23.7 Å². The van der Waals surface area contributed by atoms with Crippen LogP contribution < -0.4 is 15.4 Å². The Balaban J connectivity index is 1.80. The van der Waals surface area contributed by atoms with Gasteiger partial charge in [0, 0.05) is 13.5 Å². The molecule has 1 aromatic rings. The van der Waals surface area contributed by atoms with Crippen molar-refractivity contribution in [2.24, 2.45) is 5.92 Å². The van der Waals surface area contributed by atoms with Gasteiger partial charge in [0.2, 0.25) is 17.7 Å². The van der Waals surface area contributed by atoms with E-state index in [-0.39, 0.29) is 37.4 Å². The first-order valence-corrected chi connectivity index (χ1v) is 10.8. The number of carboxylic acids is 1. The molecule has 4 N–H and O–H groups in total. The number of carbonyl (C=O) groups excluding carboxylic acids is 3. The summed E-state index contributed by atoms with van der Waals surface area (Å²) in [5.41, 5.74) is 0.572. The van der Waals surface area contributed by atoms with Crippen molar-refractivity contribution in [3.8, 4) is 5.75 Å². The van der Waals surface area contributed by atoms with Crippen molar-refractivity contribution < 1.29 is 34.1 Å². The molecule has 10 nitrogen and oxygen atoms in total. The molecule has 0 aliphatic carbocycles. The van der Waals surface area contributed by atoms with Gasteiger partial charge in [-0.15, -0.1) is 0 Å². The maximum atomic E-state index is 13.3. The lowest BCUT2D eigenvalue weighted by Gasteiger charge is -2.38. The molecule has 2 heterocycles. The summed E-state index contributed by atoms with van der Waals surface area (Å²) >= 11 is 0. The molecular weight excluding hydrogens is 418 g/mol. The SMILES string of the molecule is CC(=O)NCCCC[C@@H]1NC(=O)[C@@H]2C[C@H](C(=O)O)[C@H](c3cccc(OCCO)c3)N2C1=O. The number of carbonyl (C=O) groups is 4. The largest absolute Gasteiger partial charge is 0.491 e. The smallest absolute Gasteiger partial charge is 0.309 e. The molecule has 2 aliphatic rings. The van der Waals surface area contributed by atoms with E-state index in [1.807, 2.05) is 0 Å². The molecule has 0 unspecified atom stereocenters. The Hall–Kier alpha value is -3.14. The average Bonchev–Trinajstić information content (AvgIpc) is 3.17. The number of rotatable bonds is 10. The third-order valence-electron chi connectivity index (χ3n) is 5.84. The second kappa shape index (κ2) is 10.4. The topological polar surface area (TPSA) is 145 Å². The Morgan fingerprint density at radius 2 is 2.06 bits per heavy atom. The molecule has 4 atom stereocenters. The maximum absolute atomic E-state index is 13.3. The van der Waals surface area contributed by atoms with Crippen molar-refractivity contribution in [2.75, 3.05) is 19.8 Å². The number of carboxylic acid groups (broad SMARTS) is 1. The fourth-order valence-corrected chi connectivity index (χ4v) is 4.42. The van der Waals surface area contributed by atoms with E-state index in [1.165, 1.54) is 11.8 Å². The van der Waals surface area contributed by atoms with Crippen LogP contribution in [0.4, 0.5) is 0 Å². The summed E-state index contributed by atoms with van der Waals surface area (Å²) in [5.74, 6) is -2.32. The summed E-state index contributed by atoms with van der Waals surface area (Å²) in [7, 11) is 0. The summed E-state index contributed by atoms with van der Waals surface area (Å²) in [6.07, 6.45) is 1.72. The number of fused-ring (bicyclic) bond motifs is 1. The lowest BCUT2D eigenvalue weighted by atomic mass is 9.93. The maximum Gasteiger partial charge on any atom is 0.309 e. The van der Waals surface area contributed by atoms with E-state index in [2.05, 4.69) is 10.6 Å². The Morgan fingerprint density at radius 1 is 1.28 bits per heavy atom. The van der Waals surface area contributed by atoms with Crippen molar-refractivity contribution in [2.45, 2.75) is 50.7 Å². The lowest BCUT2D eigenvalue weighted by Crippen LogP contribution is -2.61. The number of piperazine rings is 1. The number of nitrogens with one attached hydrogen (secondary N) is 2. The predicted octanol–water partition coefficient (Wildman–Crippen LogP) is 0.205. The van der Waals surface area contributed by atoms with Gasteiger partial charge in [0.1, 0.15) is 24.4 Å². The molecule has 0 saturated carbocycles. The first kappa shape index (κ1) is 23.5. The van der Waals surface area contributed by atoms with Crippen molar-refractivity contribution in [1.29, 1.82) is 0 Å². The molecule has 2 fully saturated rings. The fraction of sp³-hybridized carbons (Fsp3) is 0.545. The third-order valence-corrected chi connectivity index (χ3v) is 5.84.